The third kappa shape index (κ3) is 2.48. The minimum absolute atomic E-state index is 0.122. The first-order chi connectivity index (χ1) is 11.6. The minimum atomic E-state index is -3.58. The Hall–Kier alpha value is -1.99. The van der Waals surface area contributed by atoms with Crippen molar-refractivity contribution in [2.75, 3.05) is 19.8 Å². The number of rotatable bonds is 3. The lowest BCUT2D eigenvalue weighted by atomic mass is 10.1. The van der Waals surface area contributed by atoms with Crippen molar-refractivity contribution in [2.24, 2.45) is 7.05 Å². The van der Waals surface area contributed by atoms with Crippen molar-refractivity contribution < 1.29 is 17.9 Å². The maximum atomic E-state index is 13.2. The molecule has 6 nitrogen and oxygen atoms in total. The highest BCUT2D eigenvalue weighted by Gasteiger charge is 2.37. The van der Waals surface area contributed by atoms with E-state index in [0.29, 0.717) is 31.3 Å². The summed E-state index contributed by atoms with van der Waals surface area (Å²) in [5.41, 5.74) is 1.02. The zero-order valence-electron chi connectivity index (χ0n) is 13.5. The molecular weight excluding hydrogens is 328 g/mol. The van der Waals surface area contributed by atoms with Crippen LogP contribution in [0, 0.1) is 0 Å². The first kappa shape index (κ1) is 15.5. The second-order valence-corrected chi connectivity index (χ2v) is 8.01. The zero-order chi connectivity index (χ0) is 16.7. The minimum Gasteiger partial charge on any atom is -0.486 e. The number of benzene rings is 1. The monoisotopic (exact) mass is 348 g/mol. The van der Waals surface area contributed by atoms with E-state index in [4.69, 9.17) is 9.47 Å². The fourth-order valence-electron chi connectivity index (χ4n) is 3.46. The Kier molecular flexibility index (Phi) is 3.77. The summed E-state index contributed by atoms with van der Waals surface area (Å²) in [6.07, 6.45) is 3.64. The molecular formula is C17H20N2O4S. The van der Waals surface area contributed by atoms with Crippen molar-refractivity contribution in [3.05, 3.63) is 42.2 Å². The van der Waals surface area contributed by atoms with Gasteiger partial charge < -0.3 is 14.0 Å². The average Bonchev–Trinajstić information content (AvgIpc) is 3.23. The van der Waals surface area contributed by atoms with Gasteiger partial charge in [0.05, 0.1) is 10.9 Å². The average molecular weight is 348 g/mol. The van der Waals surface area contributed by atoms with Gasteiger partial charge in [-0.1, -0.05) is 0 Å². The molecule has 128 valence electrons. The molecule has 0 spiro atoms. The van der Waals surface area contributed by atoms with Crippen LogP contribution in [0.15, 0.2) is 41.4 Å². The number of aryl methyl sites for hydroxylation is 1. The Morgan fingerprint density at radius 2 is 1.92 bits per heavy atom. The molecule has 24 heavy (non-hydrogen) atoms. The van der Waals surface area contributed by atoms with Crippen LogP contribution in [-0.2, 0) is 17.1 Å². The van der Waals surface area contributed by atoms with Gasteiger partial charge in [-0.2, -0.15) is 4.31 Å². The van der Waals surface area contributed by atoms with E-state index in [0.717, 1.165) is 18.5 Å². The van der Waals surface area contributed by atoms with Crippen LogP contribution in [0.1, 0.15) is 24.6 Å². The molecule has 0 bridgehead atoms. The van der Waals surface area contributed by atoms with Crippen molar-refractivity contribution in [1.82, 2.24) is 8.87 Å². The number of hydrogen-bond acceptors (Lipinski definition) is 4. The molecule has 7 heteroatoms. The smallest absolute Gasteiger partial charge is 0.243 e. The number of fused-ring (bicyclic) bond motifs is 1. The van der Waals surface area contributed by atoms with Gasteiger partial charge in [0.25, 0.3) is 0 Å². The van der Waals surface area contributed by atoms with E-state index in [1.807, 2.05) is 29.9 Å². The highest BCUT2D eigenvalue weighted by Crippen LogP contribution is 2.39. The normalized spacial score (nSPS) is 21.1. The van der Waals surface area contributed by atoms with E-state index in [1.165, 1.54) is 0 Å². The lowest BCUT2D eigenvalue weighted by molar-refractivity contribution is 0.171. The molecule has 3 heterocycles. The van der Waals surface area contributed by atoms with E-state index < -0.39 is 10.0 Å². The SMILES string of the molecule is Cn1cccc1[C@@H]1CCCN1S(=O)(=O)c1ccc2c(c1)OCCO2. The fraction of sp³-hybridized carbons (Fsp3) is 0.412. The van der Waals surface area contributed by atoms with Crippen molar-refractivity contribution in [3.63, 3.8) is 0 Å². The quantitative estimate of drug-likeness (QED) is 0.854. The third-order valence-electron chi connectivity index (χ3n) is 4.65. The van der Waals surface area contributed by atoms with E-state index in [9.17, 15) is 8.42 Å². The standard InChI is InChI=1S/C17H20N2O4S/c1-18-8-2-4-14(18)15-5-3-9-19(15)24(20,21)13-6-7-16-17(12-13)23-11-10-22-16/h2,4,6-8,12,15H,3,5,9-11H2,1H3/t15-/m0/s1. The Bertz CT molecular complexity index is 859. The Balaban J connectivity index is 1.70. The molecule has 0 aliphatic carbocycles. The number of hydrogen-bond donors (Lipinski definition) is 0. The van der Waals surface area contributed by atoms with Crippen molar-refractivity contribution >= 4 is 10.0 Å². The Morgan fingerprint density at radius 3 is 2.67 bits per heavy atom. The van der Waals surface area contributed by atoms with E-state index >= 15 is 0 Å². The van der Waals surface area contributed by atoms with Crippen LogP contribution in [-0.4, -0.2) is 37.0 Å². The second-order valence-electron chi connectivity index (χ2n) is 6.12. The van der Waals surface area contributed by atoms with E-state index in [1.54, 1.807) is 22.5 Å². The molecule has 0 saturated carbocycles. The van der Waals surface area contributed by atoms with Crippen molar-refractivity contribution in [2.45, 2.75) is 23.8 Å². The third-order valence-corrected chi connectivity index (χ3v) is 6.55. The second kappa shape index (κ2) is 5.82. The van der Waals surface area contributed by atoms with Crippen molar-refractivity contribution in [3.8, 4) is 11.5 Å². The molecule has 1 saturated heterocycles. The maximum Gasteiger partial charge on any atom is 0.243 e. The largest absolute Gasteiger partial charge is 0.486 e. The maximum absolute atomic E-state index is 13.2. The summed E-state index contributed by atoms with van der Waals surface area (Å²) in [5.74, 6) is 1.09. The summed E-state index contributed by atoms with van der Waals surface area (Å²) in [4.78, 5) is 0.257. The van der Waals surface area contributed by atoms with Crippen LogP contribution < -0.4 is 9.47 Å². The van der Waals surface area contributed by atoms with Crippen LogP contribution in [0.4, 0.5) is 0 Å². The van der Waals surface area contributed by atoms with E-state index in [-0.39, 0.29) is 10.9 Å². The van der Waals surface area contributed by atoms with Gasteiger partial charge in [-0.05, 0) is 37.1 Å². The molecule has 1 atom stereocenters. The van der Waals surface area contributed by atoms with Gasteiger partial charge in [0.15, 0.2) is 11.5 Å². The fourth-order valence-corrected chi connectivity index (χ4v) is 5.15. The predicted octanol–water partition coefficient (Wildman–Crippen LogP) is 2.32. The lowest BCUT2D eigenvalue weighted by Crippen LogP contribution is -2.31. The van der Waals surface area contributed by atoms with Crippen LogP contribution >= 0.6 is 0 Å². The van der Waals surface area contributed by atoms with Gasteiger partial charge in [0.2, 0.25) is 10.0 Å². The number of nitrogens with zero attached hydrogens (tertiary/aromatic N) is 2. The molecule has 0 unspecified atom stereocenters. The van der Waals surface area contributed by atoms with E-state index in [2.05, 4.69) is 0 Å². The first-order valence-corrected chi connectivity index (χ1v) is 9.54. The molecule has 1 aromatic carbocycles. The zero-order valence-corrected chi connectivity index (χ0v) is 14.3. The summed E-state index contributed by atoms with van der Waals surface area (Å²) in [7, 11) is -1.63. The summed E-state index contributed by atoms with van der Waals surface area (Å²) < 4.78 is 40.9. The summed E-state index contributed by atoms with van der Waals surface area (Å²) in [6.45, 7) is 1.46. The summed E-state index contributed by atoms with van der Waals surface area (Å²) in [6, 6.07) is 8.66. The van der Waals surface area contributed by atoms with Gasteiger partial charge >= 0.3 is 0 Å². The van der Waals surface area contributed by atoms with Crippen LogP contribution in [0.25, 0.3) is 0 Å². The molecule has 0 N–H and O–H groups in total. The van der Waals surface area contributed by atoms with Gasteiger partial charge in [0.1, 0.15) is 13.2 Å². The van der Waals surface area contributed by atoms with Gasteiger partial charge in [0, 0.05) is 31.5 Å². The van der Waals surface area contributed by atoms with Crippen LogP contribution in [0.5, 0.6) is 11.5 Å². The Labute approximate surface area is 141 Å². The number of ether oxygens (including phenoxy) is 2. The molecule has 2 aliphatic heterocycles. The number of sulfonamides is 1. The molecule has 1 aromatic heterocycles. The Morgan fingerprint density at radius 1 is 1.12 bits per heavy atom. The molecule has 4 rings (SSSR count). The lowest BCUT2D eigenvalue weighted by Gasteiger charge is -2.25. The van der Waals surface area contributed by atoms with Crippen LogP contribution in [0.3, 0.4) is 0 Å². The topological polar surface area (TPSA) is 60.8 Å². The molecule has 2 aromatic rings. The predicted molar refractivity (Wildman–Crippen MR) is 88.7 cm³/mol. The highest BCUT2D eigenvalue weighted by atomic mass is 32.2. The first-order valence-electron chi connectivity index (χ1n) is 8.10. The molecule has 0 amide bonds. The highest BCUT2D eigenvalue weighted by molar-refractivity contribution is 7.89. The molecule has 1 fully saturated rings. The van der Waals surface area contributed by atoms with Gasteiger partial charge in [-0.25, -0.2) is 8.42 Å². The van der Waals surface area contributed by atoms with Gasteiger partial charge in [-0.15, -0.1) is 0 Å². The van der Waals surface area contributed by atoms with Crippen LogP contribution in [0.2, 0.25) is 0 Å². The summed E-state index contributed by atoms with van der Waals surface area (Å²) in [5, 5.41) is 0. The summed E-state index contributed by atoms with van der Waals surface area (Å²) >= 11 is 0. The van der Waals surface area contributed by atoms with Crippen molar-refractivity contribution in [1.29, 1.82) is 0 Å². The molecule has 2 aliphatic rings. The van der Waals surface area contributed by atoms with Gasteiger partial charge in [-0.3, -0.25) is 0 Å². The molecule has 0 radical (unpaired) electrons. The number of aromatic nitrogens is 1.